The Balaban J connectivity index is 1.27. The Labute approximate surface area is 209 Å². The lowest BCUT2D eigenvalue weighted by atomic mass is 9.94. The zero-order valence-corrected chi connectivity index (χ0v) is 20.7. The molecule has 0 atom stereocenters. The molecule has 2 aromatic carbocycles. The molecular formula is C27H30N6O3. The van der Waals surface area contributed by atoms with Gasteiger partial charge in [-0.25, -0.2) is 0 Å². The van der Waals surface area contributed by atoms with Crippen LogP contribution in [0.15, 0.2) is 65.1 Å². The Bertz CT molecular complexity index is 1370. The van der Waals surface area contributed by atoms with Gasteiger partial charge in [-0.05, 0) is 50.7 Å². The van der Waals surface area contributed by atoms with Gasteiger partial charge in [0.1, 0.15) is 5.52 Å². The van der Waals surface area contributed by atoms with E-state index in [9.17, 15) is 9.59 Å². The number of amides is 2. The number of carbonyl (C=O) groups excluding carboxylic acids is 2. The zero-order valence-electron chi connectivity index (χ0n) is 20.7. The quantitative estimate of drug-likeness (QED) is 0.383. The summed E-state index contributed by atoms with van der Waals surface area (Å²) in [7, 11) is 2.12. The number of hydrogen-bond acceptors (Lipinski definition) is 6. The second-order valence-electron chi connectivity index (χ2n) is 9.66. The molecule has 4 aromatic rings. The fourth-order valence-corrected chi connectivity index (χ4v) is 4.35. The summed E-state index contributed by atoms with van der Waals surface area (Å²) < 4.78 is 5.80. The van der Waals surface area contributed by atoms with Gasteiger partial charge >= 0.3 is 0 Å². The molecule has 186 valence electrons. The first-order valence-corrected chi connectivity index (χ1v) is 12.0. The van der Waals surface area contributed by atoms with Crippen molar-refractivity contribution in [3.05, 3.63) is 77.6 Å². The van der Waals surface area contributed by atoms with Crippen molar-refractivity contribution in [3.8, 4) is 0 Å². The lowest BCUT2D eigenvalue weighted by molar-refractivity contribution is 0.0885. The number of nitrogens with one attached hydrogen (secondary N) is 3. The van der Waals surface area contributed by atoms with Gasteiger partial charge in [0, 0.05) is 43.5 Å². The first-order chi connectivity index (χ1) is 17.3. The van der Waals surface area contributed by atoms with E-state index in [1.54, 1.807) is 18.2 Å². The molecule has 2 aromatic heterocycles. The van der Waals surface area contributed by atoms with Gasteiger partial charge < -0.3 is 24.9 Å². The average molecular weight is 487 g/mol. The van der Waals surface area contributed by atoms with Crippen molar-refractivity contribution in [1.29, 1.82) is 0 Å². The van der Waals surface area contributed by atoms with Crippen molar-refractivity contribution in [1.82, 2.24) is 20.4 Å². The van der Waals surface area contributed by atoms with Crippen LogP contribution in [0.1, 0.15) is 40.3 Å². The monoisotopic (exact) mass is 486 g/mol. The maximum atomic E-state index is 12.9. The minimum Gasteiger partial charge on any atom is -0.445 e. The summed E-state index contributed by atoms with van der Waals surface area (Å²) in [5, 5.41) is 12.8. The molecule has 1 saturated heterocycles. The van der Waals surface area contributed by atoms with E-state index in [4.69, 9.17) is 4.42 Å². The van der Waals surface area contributed by atoms with Crippen LogP contribution in [-0.2, 0) is 5.54 Å². The largest absolute Gasteiger partial charge is 0.445 e. The van der Waals surface area contributed by atoms with Crippen LogP contribution in [0.2, 0.25) is 0 Å². The minimum atomic E-state index is -0.593. The second kappa shape index (κ2) is 9.50. The van der Waals surface area contributed by atoms with Gasteiger partial charge in [-0.15, -0.1) is 0 Å². The van der Waals surface area contributed by atoms with E-state index in [2.05, 4.69) is 37.7 Å². The maximum absolute atomic E-state index is 12.9. The number of furan rings is 1. The lowest BCUT2D eigenvalue weighted by Crippen LogP contribution is -2.44. The Kier molecular flexibility index (Phi) is 6.24. The number of fused-ring (bicyclic) bond motifs is 1. The number of hydrogen-bond donors (Lipinski definition) is 3. The van der Waals surface area contributed by atoms with Gasteiger partial charge in [-0.3, -0.25) is 14.7 Å². The van der Waals surface area contributed by atoms with E-state index in [-0.39, 0.29) is 23.4 Å². The molecule has 3 N–H and O–H groups in total. The van der Waals surface area contributed by atoms with Crippen molar-refractivity contribution < 1.29 is 14.0 Å². The van der Waals surface area contributed by atoms with E-state index < -0.39 is 5.54 Å². The number of nitrogens with zero attached hydrogens (tertiary/aromatic N) is 3. The number of rotatable bonds is 6. The zero-order chi connectivity index (χ0) is 25.3. The fraction of sp³-hybridized carbons (Fsp3) is 0.296. The van der Waals surface area contributed by atoms with Crippen molar-refractivity contribution in [3.63, 3.8) is 0 Å². The van der Waals surface area contributed by atoms with Crippen LogP contribution in [0, 0.1) is 0 Å². The van der Waals surface area contributed by atoms with Crippen LogP contribution < -0.4 is 15.5 Å². The van der Waals surface area contributed by atoms with Gasteiger partial charge in [0.2, 0.25) is 0 Å². The average Bonchev–Trinajstić information content (AvgIpc) is 3.47. The van der Waals surface area contributed by atoms with E-state index in [0.717, 1.165) is 37.4 Å². The number of H-pyrrole nitrogens is 1. The Morgan fingerprint density at radius 1 is 0.972 bits per heavy atom. The molecule has 3 heterocycles. The molecule has 36 heavy (non-hydrogen) atoms. The van der Waals surface area contributed by atoms with Gasteiger partial charge in [0.05, 0.1) is 5.54 Å². The number of piperazine rings is 1. The lowest BCUT2D eigenvalue weighted by Gasteiger charge is -2.34. The van der Waals surface area contributed by atoms with Crippen LogP contribution >= 0.6 is 0 Å². The molecule has 0 spiro atoms. The van der Waals surface area contributed by atoms with Crippen molar-refractivity contribution in [2.75, 3.05) is 43.4 Å². The van der Waals surface area contributed by atoms with E-state index in [1.165, 1.54) is 0 Å². The molecule has 5 rings (SSSR count). The molecule has 0 bridgehead atoms. The summed E-state index contributed by atoms with van der Waals surface area (Å²) in [6.45, 7) is 7.82. The summed E-state index contributed by atoms with van der Waals surface area (Å²) in [4.78, 5) is 30.4. The van der Waals surface area contributed by atoms with Crippen LogP contribution in [-0.4, -0.2) is 60.1 Å². The summed E-state index contributed by atoms with van der Waals surface area (Å²) in [5.74, 6) is -0.291. The number of benzene rings is 2. The minimum absolute atomic E-state index is 0.134. The summed E-state index contributed by atoms with van der Waals surface area (Å²) in [6.07, 6.45) is 0. The summed E-state index contributed by atoms with van der Waals surface area (Å²) >= 11 is 0. The summed E-state index contributed by atoms with van der Waals surface area (Å²) in [6, 6.07) is 18.8. The molecule has 9 heteroatoms. The number of aromatic amines is 1. The second-order valence-corrected chi connectivity index (χ2v) is 9.66. The third kappa shape index (κ3) is 4.83. The van der Waals surface area contributed by atoms with Crippen molar-refractivity contribution in [2.45, 2.75) is 19.4 Å². The molecular weight excluding hydrogens is 456 g/mol. The highest BCUT2D eigenvalue weighted by atomic mass is 16.3. The molecule has 0 radical (unpaired) electrons. The Hall–Kier alpha value is -4.11. The normalized spacial score (nSPS) is 14.7. The summed E-state index contributed by atoms with van der Waals surface area (Å²) in [5.41, 5.74) is 2.84. The van der Waals surface area contributed by atoms with E-state index >= 15 is 0 Å². The first-order valence-electron chi connectivity index (χ1n) is 12.0. The van der Waals surface area contributed by atoms with Gasteiger partial charge in [0.25, 0.3) is 11.8 Å². The molecule has 0 unspecified atom stereocenters. The number of anilines is 2. The molecule has 1 aliphatic rings. The fourth-order valence-electron chi connectivity index (χ4n) is 4.35. The van der Waals surface area contributed by atoms with Crippen LogP contribution in [0.5, 0.6) is 0 Å². The smallest absolute Gasteiger partial charge is 0.287 e. The molecule has 9 nitrogen and oxygen atoms in total. The van der Waals surface area contributed by atoms with Crippen LogP contribution in [0.25, 0.3) is 11.1 Å². The van der Waals surface area contributed by atoms with Crippen LogP contribution in [0.4, 0.5) is 11.5 Å². The standard InChI is InChI=1S/C27H30N6O3/c1-27(2,19-7-5-4-6-8-19)29-26(35)22-17-21-23(36-22)24(31-30-21)28-25(34)18-9-11-20(12-10-18)33-15-13-32(3)14-16-33/h4-12,17H,13-16H2,1-3H3,(H,29,35)(H2,28,30,31,34). The SMILES string of the molecule is CN1CCN(c2ccc(C(=O)Nc3n[nH]c4cc(C(=O)NC(C)(C)c5ccccc5)oc34)cc2)CC1. The number of likely N-dealkylation sites (N-methyl/N-ethyl adjacent to an activating group) is 1. The predicted octanol–water partition coefficient (Wildman–Crippen LogP) is 3.83. The molecule has 1 aliphatic heterocycles. The predicted molar refractivity (Wildman–Crippen MR) is 139 cm³/mol. The highest BCUT2D eigenvalue weighted by molar-refractivity contribution is 6.07. The van der Waals surface area contributed by atoms with E-state index in [0.29, 0.717) is 16.7 Å². The van der Waals surface area contributed by atoms with Gasteiger partial charge in [0.15, 0.2) is 17.2 Å². The Morgan fingerprint density at radius 3 is 2.36 bits per heavy atom. The highest BCUT2D eigenvalue weighted by Gasteiger charge is 2.26. The molecule has 0 saturated carbocycles. The molecule has 1 fully saturated rings. The topological polar surface area (TPSA) is 106 Å². The maximum Gasteiger partial charge on any atom is 0.287 e. The molecule has 2 amide bonds. The van der Waals surface area contributed by atoms with Crippen molar-refractivity contribution >= 4 is 34.4 Å². The third-order valence-electron chi connectivity index (χ3n) is 6.61. The third-order valence-corrected chi connectivity index (χ3v) is 6.61. The number of carbonyl (C=O) groups is 2. The Morgan fingerprint density at radius 2 is 1.67 bits per heavy atom. The number of aromatic nitrogens is 2. The van der Waals surface area contributed by atoms with Gasteiger partial charge in [-0.2, -0.15) is 5.10 Å². The molecule has 0 aliphatic carbocycles. The highest BCUT2D eigenvalue weighted by Crippen LogP contribution is 2.27. The van der Waals surface area contributed by atoms with Gasteiger partial charge in [-0.1, -0.05) is 30.3 Å². The van der Waals surface area contributed by atoms with E-state index in [1.807, 2.05) is 56.3 Å². The van der Waals surface area contributed by atoms with Crippen LogP contribution in [0.3, 0.4) is 0 Å². The first kappa shape index (κ1) is 23.6. The van der Waals surface area contributed by atoms with Crippen molar-refractivity contribution in [2.24, 2.45) is 0 Å².